The van der Waals surface area contributed by atoms with E-state index in [-0.39, 0.29) is 16.8 Å². The van der Waals surface area contributed by atoms with Crippen molar-refractivity contribution < 1.29 is 13.2 Å². The number of hydrazine groups is 1. The third-order valence-corrected chi connectivity index (χ3v) is 3.88. The number of amides is 1. The van der Waals surface area contributed by atoms with E-state index in [1.54, 1.807) is 13.8 Å². The smallest absolute Gasteiger partial charge is 0.241 e. The Bertz CT molecular complexity index is 573. The highest BCUT2D eigenvalue weighted by molar-refractivity contribution is 7.89. The van der Waals surface area contributed by atoms with Crippen LogP contribution in [-0.2, 0) is 14.8 Å². The molecule has 0 saturated carbocycles. The standard InChI is InChI=1S/C11H19N5O3S/c1-7(2)14-11(17)8(3)16-20(18,19)9-4-5-13-10(6-9)15-12/h4-8,16H,12H2,1-3H3,(H,13,15)(H,14,17). The van der Waals surface area contributed by atoms with E-state index in [9.17, 15) is 13.2 Å². The number of nitrogens with one attached hydrogen (secondary N) is 3. The highest BCUT2D eigenvalue weighted by atomic mass is 32.2. The molecule has 0 spiro atoms. The lowest BCUT2D eigenvalue weighted by Crippen LogP contribution is -2.46. The van der Waals surface area contributed by atoms with Crippen LogP contribution in [0.2, 0.25) is 0 Å². The van der Waals surface area contributed by atoms with E-state index in [1.165, 1.54) is 25.3 Å². The zero-order valence-corrected chi connectivity index (χ0v) is 12.4. The lowest BCUT2D eigenvalue weighted by molar-refractivity contribution is -0.122. The Labute approximate surface area is 118 Å². The van der Waals surface area contributed by atoms with Crippen LogP contribution in [0.15, 0.2) is 23.2 Å². The minimum absolute atomic E-state index is 0.0235. The van der Waals surface area contributed by atoms with Gasteiger partial charge < -0.3 is 10.7 Å². The fraction of sp³-hybridized carbons (Fsp3) is 0.455. The summed E-state index contributed by atoms with van der Waals surface area (Å²) in [6.07, 6.45) is 1.31. The van der Waals surface area contributed by atoms with Crippen LogP contribution in [0.5, 0.6) is 0 Å². The van der Waals surface area contributed by atoms with Crippen LogP contribution in [-0.4, -0.2) is 31.4 Å². The first kappa shape index (κ1) is 16.3. The quantitative estimate of drug-likeness (QED) is 0.417. The Balaban J connectivity index is 2.86. The van der Waals surface area contributed by atoms with Crippen molar-refractivity contribution in [3.05, 3.63) is 18.3 Å². The second kappa shape index (κ2) is 6.64. The number of pyridine rings is 1. The number of carbonyl (C=O) groups is 1. The first-order valence-electron chi connectivity index (χ1n) is 6.01. The fourth-order valence-corrected chi connectivity index (χ4v) is 2.64. The summed E-state index contributed by atoms with van der Waals surface area (Å²) in [4.78, 5) is 15.5. The summed E-state index contributed by atoms with van der Waals surface area (Å²) in [6.45, 7) is 5.06. The number of anilines is 1. The number of aromatic nitrogens is 1. The van der Waals surface area contributed by atoms with Gasteiger partial charge in [0, 0.05) is 18.3 Å². The minimum Gasteiger partial charge on any atom is -0.353 e. The van der Waals surface area contributed by atoms with Gasteiger partial charge in [-0.3, -0.25) is 4.79 Å². The highest BCUT2D eigenvalue weighted by Crippen LogP contribution is 2.12. The Hall–Kier alpha value is -1.71. The summed E-state index contributed by atoms with van der Waals surface area (Å²) in [7, 11) is -3.82. The van der Waals surface area contributed by atoms with Crippen molar-refractivity contribution in [3.8, 4) is 0 Å². The average Bonchev–Trinajstić information content (AvgIpc) is 2.37. The zero-order chi connectivity index (χ0) is 15.3. The van der Waals surface area contributed by atoms with Crippen LogP contribution in [0.1, 0.15) is 20.8 Å². The van der Waals surface area contributed by atoms with E-state index in [1.807, 2.05) is 0 Å². The molecule has 0 aromatic carbocycles. The van der Waals surface area contributed by atoms with Gasteiger partial charge in [-0.25, -0.2) is 19.2 Å². The lowest BCUT2D eigenvalue weighted by atomic mass is 10.3. The molecule has 0 saturated heterocycles. The van der Waals surface area contributed by atoms with Crippen molar-refractivity contribution in [2.45, 2.75) is 37.8 Å². The van der Waals surface area contributed by atoms with E-state index in [0.29, 0.717) is 0 Å². The van der Waals surface area contributed by atoms with Crippen molar-refractivity contribution in [1.29, 1.82) is 0 Å². The van der Waals surface area contributed by atoms with Gasteiger partial charge in [-0.1, -0.05) is 0 Å². The normalized spacial score (nSPS) is 13.1. The first-order valence-corrected chi connectivity index (χ1v) is 7.50. The van der Waals surface area contributed by atoms with Gasteiger partial charge >= 0.3 is 0 Å². The van der Waals surface area contributed by atoms with Gasteiger partial charge in [0.2, 0.25) is 15.9 Å². The number of sulfonamides is 1. The van der Waals surface area contributed by atoms with E-state index >= 15 is 0 Å². The average molecular weight is 301 g/mol. The van der Waals surface area contributed by atoms with Crippen LogP contribution in [0.25, 0.3) is 0 Å². The molecule has 9 heteroatoms. The van der Waals surface area contributed by atoms with Gasteiger partial charge in [0.15, 0.2) is 0 Å². The molecule has 0 aliphatic carbocycles. The highest BCUT2D eigenvalue weighted by Gasteiger charge is 2.22. The van der Waals surface area contributed by atoms with Gasteiger partial charge in [-0.15, -0.1) is 0 Å². The molecule has 0 fully saturated rings. The molecule has 1 unspecified atom stereocenters. The molecular weight excluding hydrogens is 282 g/mol. The summed E-state index contributed by atoms with van der Waals surface area (Å²) in [6, 6.07) is 1.64. The number of nitrogens with two attached hydrogens (primary N) is 1. The molecule has 8 nitrogen and oxygen atoms in total. The predicted molar refractivity (Wildman–Crippen MR) is 75.1 cm³/mol. The summed E-state index contributed by atoms with van der Waals surface area (Å²) in [5.41, 5.74) is 2.26. The van der Waals surface area contributed by atoms with Crippen LogP contribution in [0, 0.1) is 0 Å². The van der Waals surface area contributed by atoms with Crippen LogP contribution >= 0.6 is 0 Å². The van der Waals surface area contributed by atoms with Crippen LogP contribution in [0.4, 0.5) is 5.82 Å². The monoisotopic (exact) mass is 301 g/mol. The van der Waals surface area contributed by atoms with Gasteiger partial charge in [-0.2, -0.15) is 4.72 Å². The van der Waals surface area contributed by atoms with Crippen molar-refractivity contribution in [2.75, 3.05) is 5.43 Å². The largest absolute Gasteiger partial charge is 0.353 e. The third kappa shape index (κ3) is 4.44. The fourth-order valence-electron chi connectivity index (χ4n) is 1.42. The zero-order valence-electron chi connectivity index (χ0n) is 11.5. The lowest BCUT2D eigenvalue weighted by Gasteiger charge is -2.16. The number of rotatable bonds is 6. The molecule has 1 heterocycles. The maximum Gasteiger partial charge on any atom is 0.241 e. The number of nitrogens with zero attached hydrogens (tertiary/aromatic N) is 1. The van der Waals surface area contributed by atoms with Gasteiger partial charge in [0.25, 0.3) is 0 Å². The Morgan fingerprint density at radius 2 is 2.00 bits per heavy atom. The van der Waals surface area contributed by atoms with Gasteiger partial charge in [0.05, 0.1) is 10.9 Å². The minimum atomic E-state index is -3.82. The molecule has 0 radical (unpaired) electrons. The Kier molecular flexibility index (Phi) is 5.43. The van der Waals surface area contributed by atoms with Crippen molar-refractivity contribution in [2.24, 2.45) is 5.84 Å². The van der Waals surface area contributed by atoms with E-state index in [4.69, 9.17) is 5.84 Å². The van der Waals surface area contributed by atoms with Crippen molar-refractivity contribution in [1.82, 2.24) is 15.0 Å². The van der Waals surface area contributed by atoms with Crippen LogP contribution < -0.4 is 21.3 Å². The van der Waals surface area contributed by atoms with Gasteiger partial charge in [-0.05, 0) is 26.8 Å². The van der Waals surface area contributed by atoms with Crippen LogP contribution in [0.3, 0.4) is 0 Å². The summed E-state index contributed by atoms with van der Waals surface area (Å²) < 4.78 is 26.5. The summed E-state index contributed by atoms with van der Waals surface area (Å²) >= 11 is 0. The van der Waals surface area contributed by atoms with E-state index in [0.717, 1.165) is 0 Å². The maximum atomic E-state index is 12.1. The van der Waals surface area contributed by atoms with Gasteiger partial charge in [0.1, 0.15) is 5.82 Å². The molecule has 1 atom stereocenters. The molecule has 1 aromatic heterocycles. The number of nitrogen functional groups attached to an aromatic ring is 1. The third-order valence-electron chi connectivity index (χ3n) is 2.35. The number of carbonyl (C=O) groups excluding carboxylic acids is 1. The number of hydrogen-bond acceptors (Lipinski definition) is 6. The second-order valence-electron chi connectivity index (χ2n) is 4.53. The molecule has 112 valence electrons. The van der Waals surface area contributed by atoms with E-state index in [2.05, 4.69) is 20.4 Å². The maximum absolute atomic E-state index is 12.1. The van der Waals surface area contributed by atoms with Crippen molar-refractivity contribution >= 4 is 21.7 Å². The molecule has 1 rings (SSSR count). The SMILES string of the molecule is CC(C)NC(=O)C(C)NS(=O)(=O)c1ccnc(NN)c1. The topological polar surface area (TPSA) is 126 Å². The summed E-state index contributed by atoms with van der Waals surface area (Å²) in [5, 5.41) is 2.63. The molecule has 1 aromatic rings. The van der Waals surface area contributed by atoms with E-state index < -0.39 is 22.0 Å². The molecule has 0 aliphatic rings. The molecule has 5 N–H and O–H groups in total. The molecular formula is C11H19N5O3S. The molecule has 0 aliphatic heterocycles. The Morgan fingerprint density at radius 1 is 1.35 bits per heavy atom. The number of hydrogen-bond donors (Lipinski definition) is 4. The molecule has 0 bridgehead atoms. The van der Waals surface area contributed by atoms with Crippen molar-refractivity contribution in [3.63, 3.8) is 0 Å². The summed E-state index contributed by atoms with van der Waals surface area (Å²) in [5.74, 6) is 5.00. The Morgan fingerprint density at radius 3 is 2.55 bits per heavy atom. The predicted octanol–water partition coefficient (Wildman–Crippen LogP) is -0.441. The first-order chi connectivity index (χ1) is 9.26. The molecule has 1 amide bonds. The molecule has 20 heavy (non-hydrogen) atoms. The second-order valence-corrected chi connectivity index (χ2v) is 6.24.